The summed E-state index contributed by atoms with van der Waals surface area (Å²) in [6.07, 6.45) is 0. The van der Waals surface area contributed by atoms with Crippen LogP contribution in [-0.2, 0) is 0 Å². The van der Waals surface area contributed by atoms with Crippen molar-refractivity contribution in [2.24, 2.45) is 0 Å². The molecule has 0 radical (unpaired) electrons. The predicted molar refractivity (Wildman–Crippen MR) is 78.8 cm³/mol. The van der Waals surface area contributed by atoms with E-state index in [9.17, 15) is 14.4 Å². The Bertz CT molecular complexity index is 757. The summed E-state index contributed by atoms with van der Waals surface area (Å²) >= 11 is 0. The highest BCUT2D eigenvalue weighted by Crippen LogP contribution is 2.31. The zero-order valence-corrected chi connectivity index (χ0v) is 11.7. The second-order valence-electron chi connectivity index (χ2n) is 5.07. The Hall–Kier alpha value is -2.75. The molecule has 104 valence electrons. The fourth-order valence-electron chi connectivity index (χ4n) is 2.53. The average molecular weight is 279 g/mol. The molecule has 21 heavy (non-hydrogen) atoms. The molecule has 0 saturated carbocycles. The van der Waals surface area contributed by atoms with Gasteiger partial charge in [-0.25, -0.2) is 4.90 Å². The van der Waals surface area contributed by atoms with Gasteiger partial charge >= 0.3 is 0 Å². The minimum atomic E-state index is -0.385. The number of benzene rings is 2. The van der Waals surface area contributed by atoms with Crippen LogP contribution >= 0.6 is 0 Å². The number of ketones is 1. The standard InChI is InChI=1S/C17H13NO3/c1-10-7-8-12(11(2)19)15(9-10)18-16(20)13-5-3-4-6-14(13)17(18)21/h3-9H,1-2H3. The van der Waals surface area contributed by atoms with E-state index in [4.69, 9.17) is 0 Å². The lowest BCUT2D eigenvalue weighted by atomic mass is 10.1. The Morgan fingerprint density at radius 3 is 2.05 bits per heavy atom. The molecule has 2 aromatic rings. The molecule has 0 saturated heterocycles. The minimum Gasteiger partial charge on any atom is -0.294 e. The van der Waals surface area contributed by atoms with Crippen LogP contribution in [0.4, 0.5) is 5.69 Å². The minimum absolute atomic E-state index is 0.179. The van der Waals surface area contributed by atoms with Gasteiger partial charge in [-0.15, -0.1) is 0 Å². The number of hydrogen-bond donors (Lipinski definition) is 0. The summed E-state index contributed by atoms with van der Waals surface area (Å²) in [6.45, 7) is 3.28. The SMILES string of the molecule is CC(=O)c1ccc(C)cc1N1C(=O)c2ccccc2C1=O. The Labute approximate surface area is 122 Å². The van der Waals surface area contributed by atoms with Crippen molar-refractivity contribution in [3.63, 3.8) is 0 Å². The maximum Gasteiger partial charge on any atom is 0.266 e. The fraction of sp³-hybridized carbons (Fsp3) is 0.118. The van der Waals surface area contributed by atoms with E-state index in [0.717, 1.165) is 10.5 Å². The number of Topliss-reactive ketones (excluding diaryl/α,β-unsaturated/α-hetero) is 1. The van der Waals surface area contributed by atoms with Crippen molar-refractivity contribution < 1.29 is 14.4 Å². The first-order valence-electron chi connectivity index (χ1n) is 6.60. The van der Waals surface area contributed by atoms with E-state index >= 15 is 0 Å². The third-order valence-corrected chi connectivity index (χ3v) is 3.57. The van der Waals surface area contributed by atoms with Crippen LogP contribution in [0.15, 0.2) is 42.5 Å². The Morgan fingerprint density at radius 2 is 1.52 bits per heavy atom. The maximum atomic E-state index is 12.5. The Kier molecular flexibility index (Phi) is 2.94. The van der Waals surface area contributed by atoms with Crippen molar-refractivity contribution in [3.05, 3.63) is 64.7 Å². The lowest BCUT2D eigenvalue weighted by Gasteiger charge is -2.17. The molecule has 1 aliphatic heterocycles. The summed E-state index contributed by atoms with van der Waals surface area (Å²) in [4.78, 5) is 37.8. The molecule has 0 aromatic heterocycles. The number of amides is 2. The average Bonchev–Trinajstić information content (AvgIpc) is 2.71. The van der Waals surface area contributed by atoms with Crippen LogP contribution in [0.5, 0.6) is 0 Å². The molecule has 3 rings (SSSR count). The third-order valence-electron chi connectivity index (χ3n) is 3.57. The van der Waals surface area contributed by atoms with Crippen molar-refractivity contribution in [2.45, 2.75) is 13.8 Å². The number of carbonyl (C=O) groups excluding carboxylic acids is 3. The number of fused-ring (bicyclic) bond motifs is 1. The summed E-state index contributed by atoms with van der Waals surface area (Å²) in [5, 5.41) is 0. The van der Waals surface area contributed by atoms with E-state index in [1.807, 2.05) is 6.92 Å². The first-order chi connectivity index (χ1) is 10.0. The fourth-order valence-corrected chi connectivity index (χ4v) is 2.53. The molecule has 0 N–H and O–H groups in total. The highest BCUT2D eigenvalue weighted by atomic mass is 16.2. The molecule has 4 nitrogen and oxygen atoms in total. The molecule has 0 unspecified atom stereocenters. The van der Waals surface area contributed by atoms with Crippen molar-refractivity contribution >= 4 is 23.3 Å². The molecule has 4 heteroatoms. The van der Waals surface area contributed by atoms with Gasteiger partial charge in [-0.1, -0.05) is 18.2 Å². The summed E-state index contributed by atoms with van der Waals surface area (Å²) in [6, 6.07) is 11.8. The number of anilines is 1. The topological polar surface area (TPSA) is 54.5 Å². The summed E-state index contributed by atoms with van der Waals surface area (Å²) in [5.41, 5.74) is 2.35. The van der Waals surface area contributed by atoms with Crippen LogP contribution in [0, 0.1) is 6.92 Å². The molecular formula is C17H13NO3. The van der Waals surface area contributed by atoms with E-state index in [0.29, 0.717) is 22.4 Å². The highest BCUT2D eigenvalue weighted by molar-refractivity contribution is 6.35. The van der Waals surface area contributed by atoms with Gasteiger partial charge in [0.1, 0.15) is 0 Å². The van der Waals surface area contributed by atoms with Gasteiger partial charge in [-0.05, 0) is 43.7 Å². The van der Waals surface area contributed by atoms with Gasteiger partial charge in [-0.2, -0.15) is 0 Å². The molecular weight excluding hydrogens is 266 g/mol. The molecule has 0 aliphatic carbocycles. The lowest BCUT2D eigenvalue weighted by Crippen LogP contribution is -2.30. The van der Waals surface area contributed by atoms with Crippen molar-refractivity contribution in [3.8, 4) is 0 Å². The van der Waals surface area contributed by atoms with Crippen molar-refractivity contribution in [1.29, 1.82) is 0 Å². The first-order valence-corrected chi connectivity index (χ1v) is 6.60. The van der Waals surface area contributed by atoms with Crippen molar-refractivity contribution in [1.82, 2.24) is 0 Å². The van der Waals surface area contributed by atoms with Crippen LogP contribution in [0.25, 0.3) is 0 Å². The molecule has 0 atom stereocenters. The smallest absolute Gasteiger partial charge is 0.266 e. The van der Waals surface area contributed by atoms with E-state index in [2.05, 4.69) is 0 Å². The van der Waals surface area contributed by atoms with Gasteiger partial charge < -0.3 is 0 Å². The van der Waals surface area contributed by atoms with E-state index < -0.39 is 0 Å². The molecule has 0 fully saturated rings. The number of imide groups is 1. The molecule has 0 spiro atoms. The zero-order chi connectivity index (χ0) is 15.1. The quantitative estimate of drug-likeness (QED) is 0.627. The summed E-state index contributed by atoms with van der Waals surface area (Å²) in [7, 11) is 0. The van der Waals surface area contributed by atoms with Crippen LogP contribution in [0.1, 0.15) is 43.6 Å². The molecule has 1 aliphatic rings. The van der Waals surface area contributed by atoms with Gasteiger partial charge in [0.25, 0.3) is 11.8 Å². The molecule has 1 heterocycles. The van der Waals surface area contributed by atoms with Crippen LogP contribution in [0.2, 0.25) is 0 Å². The highest BCUT2D eigenvalue weighted by Gasteiger charge is 2.37. The van der Waals surface area contributed by atoms with E-state index in [1.165, 1.54) is 6.92 Å². The van der Waals surface area contributed by atoms with Crippen LogP contribution < -0.4 is 4.90 Å². The van der Waals surface area contributed by atoms with Gasteiger partial charge in [0, 0.05) is 5.56 Å². The van der Waals surface area contributed by atoms with E-state index in [1.54, 1.807) is 42.5 Å². The molecule has 2 aromatic carbocycles. The second kappa shape index (κ2) is 4.66. The summed E-state index contributed by atoms with van der Waals surface area (Å²) < 4.78 is 0. The van der Waals surface area contributed by atoms with Gasteiger partial charge in [-0.3, -0.25) is 14.4 Å². The number of aryl methyl sites for hydroxylation is 1. The predicted octanol–water partition coefficient (Wildman–Crippen LogP) is 3.00. The van der Waals surface area contributed by atoms with Gasteiger partial charge in [0.05, 0.1) is 16.8 Å². The van der Waals surface area contributed by atoms with Crippen LogP contribution in [-0.4, -0.2) is 17.6 Å². The normalized spacial score (nSPS) is 13.5. The lowest BCUT2D eigenvalue weighted by molar-refractivity contribution is 0.0926. The maximum absolute atomic E-state index is 12.5. The van der Waals surface area contributed by atoms with Gasteiger partial charge in [0.2, 0.25) is 0 Å². The number of carbonyl (C=O) groups is 3. The summed E-state index contributed by atoms with van der Waals surface area (Å²) in [5.74, 6) is -0.950. The number of nitrogens with zero attached hydrogens (tertiary/aromatic N) is 1. The van der Waals surface area contributed by atoms with Gasteiger partial charge in [0.15, 0.2) is 5.78 Å². The van der Waals surface area contributed by atoms with E-state index in [-0.39, 0.29) is 17.6 Å². The molecule has 0 bridgehead atoms. The molecule has 2 amide bonds. The number of hydrogen-bond acceptors (Lipinski definition) is 3. The largest absolute Gasteiger partial charge is 0.294 e. The Balaban J connectivity index is 2.20. The first kappa shape index (κ1) is 13.2. The zero-order valence-electron chi connectivity index (χ0n) is 11.7. The van der Waals surface area contributed by atoms with Crippen molar-refractivity contribution in [2.75, 3.05) is 4.90 Å². The second-order valence-corrected chi connectivity index (χ2v) is 5.07. The van der Waals surface area contributed by atoms with Crippen LogP contribution in [0.3, 0.4) is 0 Å². The third kappa shape index (κ3) is 1.96. The monoisotopic (exact) mass is 279 g/mol. The Morgan fingerprint density at radius 1 is 0.952 bits per heavy atom. The number of rotatable bonds is 2.